The molecule has 1 atom stereocenters. The minimum atomic E-state index is -1.21. The second-order valence-corrected chi connectivity index (χ2v) is 8.33. The molecule has 0 aromatic heterocycles. The normalized spacial score (nSPS) is 11.5. The third-order valence-corrected chi connectivity index (χ3v) is 5.99. The van der Waals surface area contributed by atoms with Gasteiger partial charge in [-0.15, -0.1) is 11.8 Å². The zero-order valence-electron chi connectivity index (χ0n) is 19.1. The van der Waals surface area contributed by atoms with Gasteiger partial charge in [0.25, 0.3) is 0 Å². The molecular formula is C26H24N2O6S. The van der Waals surface area contributed by atoms with Crippen LogP contribution in [0.4, 0.5) is 11.4 Å². The number of benzene rings is 3. The van der Waals surface area contributed by atoms with Crippen molar-refractivity contribution in [1.82, 2.24) is 0 Å². The van der Waals surface area contributed by atoms with Crippen molar-refractivity contribution in [3.8, 4) is 11.5 Å². The Balaban J connectivity index is 1.85. The summed E-state index contributed by atoms with van der Waals surface area (Å²) in [5.74, 6) is -0.988. The molecule has 9 heteroatoms. The zero-order valence-corrected chi connectivity index (χ0v) is 19.9. The molecule has 2 amide bonds. The number of carbonyl (C=O) groups is 3. The number of nitrogens with one attached hydrogen (secondary N) is 2. The van der Waals surface area contributed by atoms with E-state index in [1.165, 1.54) is 18.9 Å². The number of carboxylic acid groups (broad SMARTS) is 1. The maximum atomic E-state index is 13.4. The van der Waals surface area contributed by atoms with Crippen molar-refractivity contribution in [1.29, 1.82) is 0 Å². The number of methoxy groups -OCH3 is 2. The topological polar surface area (TPSA) is 114 Å². The zero-order chi connectivity index (χ0) is 25.2. The number of thioether (sulfide) groups is 1. The number of rotatable bonds is 10. The first kappa shape index (κ1) is 25.4. The van der Waals surface area contributed by atoms with E-state index in [1.807, 2.05) is 36.4 Å². The molecule has 1 unspecified atom stereocenters. The van der Waals surface area contributed by atoms with E-state index >= 15 is 0 Å². The van der Waals surface area contributed by atoms with Crippen molar-refractivity contribution < 1.29 is 29.0 Å². The summed E-state index contributed by atoms with van der Waals surface area (Å²) in [6.07, 6.45) is 1.69. The highest BCUT2D eigenvalue weighted by atomic mass is 32.2. The predicted octanol–water partition coefficient (Wildman–Crippen LogP) is 4.76. The molecule has 180 valence electrons. The average molecular weight is 493 g/mol. The Morgan fingerprint density at radius 2 is 1.66 bits per heavy atom. The molecule has 0 aliphatic rings. The summed E-state index contributed by atoms with van der Waals surface area (Å²) in [5, 5.41) is 13.6. The van der Waals surface area contributed by atoms with Crippen molar-refractivity contribution in [2.45, 2.75) is 10.1 Å². The standard InChI is InChI=1S/C26H24N2O6S/c1-33-19-11-12-22(34-2)21(16-19)28-26(32)25(17-7-4-3-5-8-17)35-20-10-6-9-18(15-20)27-23(29)13-14-24(30)31/h3-16,25H,1-2H3,(H,27,29)(H,28,32)(H,30,31)/b14-13+. The molecular weight excluding hydrogens is 468 g/mol. The van der Waals surface area contributed by atoms with E-state index in [9.17, 15) is 14.4 Å². The van der Waals surface area contributed by atoms with Gasteiger partial charge in [-0.2, -0.15) is 0 Å². The highest BCUT2D eigenvalue weighted by Gasteiger charge is 2.23. The summed E-state index contributed by atoms with van der Waals surface area (Å²) in [7, 11) is 3.06. The Kier molecular flexibility index (Phi) is 8.91. The van der Waals surface area contributed by atoms with Crippen LogP contribution in [0.2, 0.25) is 0 Å². The summed E-state index contributed by atoms with van der Waals surface area (Å²) >= 11 is 1.30. The van der Waals surface area contributed by atoms with E-state index in [1.54, 1.807) is 43.5 Å². The summed E-state index contributed by atoms with van der Waals surface area (Å²) < 4.78 is 10.6. The smallest absolute Gasteiger partial charge is 0.328 e. The summed E-state index contributed by atoms with van der Waals surface area (Å²) in [6, 6.07) is 21.4. The highest BCUT2D eigenvalue weighted by Crippen LogP contribution is 2.38. The third kappa shape index (κ3) is 7.38. The third-order valence-electron chi connectivity index (χ3n) is 4.74. The number of hydrogen-bond acceptors (Lipinski definition) is 6. The molecule has 35 heavy (non-hydrogen) atoms. The first-order valence-electron chi connectivity index (χ1n) is 10.5. The molecule has 3 aromatic rings. The van der Waals surface area contributed by atoms with Crippen molar-refractivity contribution in [3.63, 3.8) is 0 Å². The van der Waals surface area contributed by atoms with Crippen LogP contribution in [0.1, 0.15) is 10.8 Å². The van der Waals surface area contributed by atoms with Crippen LogP contribution in [0, 0.1) is 0 Å². The number of carbonyl (C=O) groups excluding carboxylic acids is 2. The van der Waals surface area contributed by atoms with E-state index in [0.29, 0.717) is 22.9 Å². The molecule has 0 bridgehead atoms. The maximum absolute atomic E-state index is 13.4. The van der Waals surface area contributed by atoms with Crippen LogP contribution in [0.5, 0.6) is 11.5 Å². The lowest BCUT2D eigenvalue weighted by molar-refractivity contribution is -0.131. The molecule has 0 fully saturated rings. The monoisotopic (exact) mass is 492 g/mol. The van der Waals surface area contributed by atoms with Crippen LogP contribution in [0.3, 0.4) is 0 Å². The number of ether oxygens (including phenoxy) is 2. The second kappa shape index (κ2) is 12.3. The van der Waals surface area contributed by atoms with E-state index in [4.69, 9.17) is 14.6 Å². The van der Waals surface area contributed by atoms with Crippen LogP contribution < -0.4 is 20.1 Å². The van der Waals surface area contributed by atoms with Crippen LogP contribution in [0.15, 0.2) is 89.8 Å². The van der Waals surface area contributed by atoms with Crippen LogP contribution in [-0.4, -0.2) is 37.1 Å². The largest absolute Gasteiger partial charge is 0.497 e. The van der Waals surface area contributed by atoms with Crippen molar-refractivity contribution in [2.24, 2.45) is 0 Å². The highest BCUT2D eigenvalue weighted by molar-refractivity contribution is 8.00. The van der Waals surface area contributed by atoms with Gasteiger partial charge in [0.15, 0.2) is 0 Å². The molecule has 0 aliphatic heterocycles. The Morgan fingerprint density at radius 3 is 2.34 bits per heavy atom. The van der Waals surface area contributed by atoms with Crippen molar-refractivity contribution in [3.05, 3.63) is 90.5 Å². The van der Waals surface area contributed by atoms with Crippen LogP contribution in [0.25, 0.3) is 0 Å². The Morgan fingerprint density at radius 1 is 0.886 bits per heavy atom. The van der Waals surface area contributed by atoms with Gasteiger partial charge in [-0.05, 0) is 35.9 Å². The fourth-order valence-corrected chi connectivity index (χ4v) is 4.21. The summed E-state index contributed by atoms with van der Waals surface area (Å²) in [5.41, 5.74) is 1.73. The van der Waals surface area contributed by atoms with Gasteiger partial charge in [0.1, 0.15) is 16.7 Å². The first-order chi connectivity index (χ1) is 16.9. The van der Waals surface area contributed by atoms with Gasteiger partial charge in [-0.1, -0.05) is 36.4 Å². The molecule has 0 saturated heterocycles. The predicted molar refractivity (Wildman–Crippen MR) is 135 cm³/mol. The molecule has 0 saturated carbocycles. The van der Waals surface area contributed by atoms with Gasteiger partial charge in [0.05, 0.1) is 19.9 Å². The lowest BCUT2D eigenvalue weighted by Crippen LogP contribution is -2.19. The average Bonchev–Trinajstić information content (AvgIpc) is 2.86. The lowest BCUT2D eigenvalue weighted by Gasteiger charge is -2.19. The van der Waals surface area contributed by atoms with Gasteiger partial charge in [-0.3, -0.25) is 9.59 Å². The molecule has 0 aliphatic carbocycles. The number of anilines is 2. The van der Waals surface area contributed by atoms with Crippen molar-refractivity contribution >= 4 is 40.9 Å². The van der Waals surface area contributed by atoms with Gasteiger partial charge >= 0.3 is 5.97 Å². The van der Waals surface area contributed by atoms with E-state index in [-0.39, 0.29) is 5.91 Å². The number of amides is 2. The number of aliphatic carboxylic acids is 1. The summed E-state index contributed by atoms with van der Waals surface area (Å²) in [6.45, 7) is 0. The molecule has 3 N–H and O–H groups in total. The molecule has 0 radical (unpaired) electrons. The molecule has 3 aromatic carbocycles. The van der Waals surface area contributed by atoms with Crippen molar-refractivity contribution in [2.75, 3.05) is 24.9 Å². The Hall–Kier alpha value is -4.24. The number of carboxylic acids is 1. The second-order valence-electron chi connectivity index (χ2n) is 7.15. The summed E-state index contributed by atoms with van der Waals surface area (Å²) in [4.78, 5) is 36.7. The minimum Gasteiger partial charge on any atom is -0.497 e. The number of hydrogen-bond donors (Lipinski definition) is 3. The Labute approximate surface area is 207 Å². The van der Waals surface area contributed by atoms with Gasteiger partial charge in [0, 0.05) is 28.8 Å². The first-order valence-corrected chi connectivity index (χ1v) is 11.3. The molecule has 3 rings (SSSR count). The van der Waals surface area contributed by atoms with Gasteiger partial charge in [0.2, 0.25) is 11.8 Å². The maximum Gasteiger partial charge on any atom is 0.328 e. The lowest BCUT2D eigenvalue weighted by atomic mass is 10.1. The van der Waals surface area contributed by atoms with E-state index < -0.39 is 17.1 Å². The molecule has 0 spiro atoms. The fourth-order valence-electron chi connectivity index (χ4n) is 3.12. The molecule has 0 heterocycles. The minimum absolute atomic E-state index is 0.272. The van der Waals surface area contributed by atoms with Gasteiger partial charge in [-0.25, -0.2) is 4.79 Å². The van der Waals surface area contributed by atoms with Gasteiger partial charge < -0.3 is 25.2 Å². The SMILES string of the molecule is COc1ccc(OC)c(NC(=O)C(Sc2cccc(NC(=O)/C=C/C(=O)O)c2)c2ccccc2)c1. The molecule has 8 nitrogen and oxygen atoms in total. The van der Waals surface area contributed by atoms with E-state index in [0.717, 1.165) is 22.6 Å². The van der Waals surface area contributed by atoms with Crippen LogP contribution in [-0.2, 0) is 14.4 Å². The Bertz CT molecular complexity index is 1230. The van der Waals surface area contributed by atoms with Crippen LogP contribution >= 0.6 is 11.8 Å². The quantitative estimate of drug-likeness (QED) is 0.276. The van der Waals surface area contributed by atoms with E-state index in [2.05, 4.69) is 10.6 Å². The fraction of sp³-hybridized carbons (Fsp3) is 0.115.